The molecule has 0 aliphatic heterocycles. The van der Waals surface area contributed by atoms with Gasteiger partial charge in [-0.15, -0.1) is 11.8 Å². The summed E-state index contributed by atoms with van der Waals surface area (Å²) >= 11 is 1.49. The third-order valence-corrected chi connectivity index (χ3v) is 1.63. The van der Waals surface area contributed by atoms with Crippen molar-refractivity contribution >= 4 is 41.3 Å². The summed E-state index contributed by atoms with van der Waals surface area (Å²) in [6.07, 6.45) is 1.89. The Morgan fingerprint density at radius 1 is 1.50 bits per heavy atom. The molecule has 3 heteroatoms. The van der Waals surface area contributed by atoms with Crippen LogP contribution in [0.2, 0.25) is 0 Å². The number of halogens is 1. The molecule has 1 aromatic carbocycles. The second-order valence-electron chi connectivity index (χ2n) is 1.57. The van der Waals surface area contributed by atoms with E-state index in [4.69, 9.17) is 0 Å². The molecular formula is C7H7FNaS. The Kier molecular flexibility index (Phi) is 5.45. The number of benzene rings is 1. The summed E-state index contributed by atoms with van der Waals surface area (Å²) in [7, 11) is 0. The van der Waals surface area contributed by atoms with E-state index in [2.05, 4.69) is 6.07 Å². The van der Waals surface area contributed by atoms with E-state index in [0.29, 0.717) is 0 Å². The van der Waals surface area contributed by atoms with E-state index in [-0.39, 0.29) is 35.4 Å². The molecule has 0 N–H and O–H groups in total. The van der Waals surface area contributed by atoms with Gasteiger partial charge in [0.2, 0.25) is 0 Å². The molecule has 1 rings (SSSR count). The van der Waals surface area contributed by atoms with Gasteiger partial charge in [0.15, 0.2) is 0 Å². The van der Waals surface area contributed by atoms with Gasteiger partial charge in [0.25, 0.3) is 0 Å². The molecule has 0 aliphatic carbocycles. The molecule has 49 valence electrons. The third kappa shape index (κ3) is 3.06. The van der Waals surface area contributed by atoms with E-state index >= 15 is 0 Å². The third-order valence-electron chi connectivity index (χ3n) is 0.953. The molecular weight excluding hydrogens is 158 g/mol. The Morgan fingerprint density at radius 3 is 2.60 bits per heavy atom. The summed E-state index contributed by atoms with van der Waals surface area (Å²) in [5, 5.41) is 0. The van der Waals surface area contributed by atoms with E-state index in [0.717, 1.165) is 4.90 Å². The number of hydrogen-bond acceptors (Lipinski definition) is 1. The minimum atomic E-state index is -0.290. The summed E-state index contributed by atoms with van der Waals surface area (Å²) in [6.45, 7) is 0. The summed E-state index contributed by atoms with van der Waals surface area (Å²) in [5.41, 5.74) is 0. The predicted molar refractivity (Wildman–Crippen MR) is 44.2 cm³/mol. The Balaban J connectivity index is 0.000000810. The van der Waals surface area contributed by atoms with Crippen LogP contribution in [0.15, 0.2) is 23.1 Å². The molecule has 1 aromatic rings. The van der Waals surface area contributed by atoms with E-state index in [9.17, 15) is 4.39 Å². The number of rotatable bonds is 1. The van der Waals surface area contributed by atoms with Crippen LogP contribution in [-0.4, -0.2) is 35.8 Å². The summed E-state index contributed by atoms with van der Waals surface area (Å²) in [4.78, 5) is 0.843. The van der Waals surface area contributed by atoms with Gasteiger partial charge in [-0.1, -0.05) is 6.07 Å². The molecule has 0 heterocycles. The molecule has 0 aromatic heterocycles. The van der Waals surface area contributed by atoms with Gasteiger partial charge in [0.1, 0.15) is 5.82 Å². The quantitative estimate of drug-likeness (QED) is 0.451. The van der Waals surface area contributed by atoms with Crippen molar-refractivity contribution in [2.24, 2.45) is 0 Å². The van der Waals surface area contributed by atoms with Crippen LogP contribution in [-0.2, 0) is 0 Å². The maximum absolute atomic E-state index is 12.3. The fraction of sp³-hybridized carbons (Fsp3) is 0.143. The molecule has 0 saturated heterocycles. The average molecular weight is 165 g/mol. The molecule has 0 unspecified atom stereocenters. The van der Waals surface area contributed by atoms with E-state index in [1.165, 1.54) is 17.8 Å². The molecule has 0 saturated carbocycles. The fourth-order valence-corrected chi connectivity index (χ4v) is 0.954. The summed E-state index contributed by atoms with van der Waals surface area (Å²) in [6, 6.07) is 7.45. The van der Waals surface area contributed by atoms with Crippen LogP contribution in [0.1, 0.15) is 0 Å². The van der Waals surface area contributed by atoms with Crippen molar-refractivity contribution in [3.8, 4) is 0 Å². The van der Waals surface area contributed by atoms with Crippen LogP contribution in [0, 0.1) is 11.9 Å². The van der Waals surface area contributed by atoms with Gasteiger partial charge in [-0.25, -0.2) is 4.39 Å². The molecule has 0 spiro atoms. The number of thioether (sulfide) groups is 1. The van der Waals surface area contributed by atoms with E-state index < -0.39 is 0 Å². The van der Waals surface area contributed by atoms with Crippen molar-refractivity contribution < 1.29 is 4.39 Å². The standard InChI is InChI=1S/C7H6FS.Na.H/c1-9-7-4-2-3-6(8)5-7;;/h2-4H,1H3;;. The zero-order valence-corrected chi connectivity index (χ0v) is 5.83. The summed E-state index contributed by atoms with van der Waals surface area (Å²) in [5.74, 6) is -0.290. The first-order valence-corrected chi connectivity index (χ1v) is 3.77. The normalized spacial score (nSPS) is 8.60. The Bertz CT molecular complexity index is 203. The molecule has 0 atom stereocenters. The SMILES string of the molecule is CSc1[c]c(F)ccc1.[NaH]. The molecule has 10 heavy (non-hydrogen) atoms. The van der Waals surface area contributed by atoms with Crippen LogP contribution in [0.4, 0.5) is 4.39 Å². The fourth-order valence-electron chi connectivity index (χ4n) is 0.540. The molecule has 0 bridgehead atoms. The van der Waals surface area contributed by atoms with E-state index in [1.54, 1.807) is 6.07 Å². The molecule has 0 amide bonds. The molecule has 1 radical (unpaired) electrons. The van der Waals surface area contributed by atoms with Gasteiger partial charge < -0.3 is 0 Å². The van der Waals surface area contributed by atoms with Crippen molar-refractivity contribution in [1.29, 1.82) is 0 Å². The van der Waals surface area contributed by atoms with Crippen molar-refractivity contribution in [2.75, 3.05) is 6.26 Å². The van der Waals surface area contributed by atoms with Crippen molar-refractivity contribution in [1.82, 2.24) is 0 Å². The van der Waals surface area contributed by atoms with E-state index in [1.807, 2.05) is 12.3 Å². The van der Waals surface area contributed by atoms with Gasteiger partial charge in [-0.3, -0.25) is 0 Å². The first kappa shape index (κ1) is 10.5. The monoisotopic (exact) mass is 165 g/mol. The maximum atomic E-state index is 12.3. The van der Waals surface area contributed by atoms with Crippen LogP contribution in [0.3, 0.4) is 0 Å². The molecule has 0 nitrogen and oxygen atoms in total. The van der Waals surface area contributed by atoms with Crippen molar-refractivity contribution in [3.63, 3.8) is 0 Å². The van der Waals surface area contributed by atoms with Crippen LogP contribution < -0.4 is 0 Å². The Hall–Kier alpha value is 0.500. The zero-order valence-electron chi connectivity index (χ0n) is 5.02. The van der Waals surface area contributed by atoms with Gasteiger partial charge in [0.05, 0.1) is 0 Å². The number of hydrogen-bond donors (Lipinski definition) is 0. The summed E-state index contributed by atoms with van der Waals surface area (Å²) < 4.78 is 12.3. The Labute approximate surface area is 86.5 Å². The minimum absolute atomic E-state index is 0. The van der Waals surface area contributed by atoms with Crippen LogP contribution >= 0.6 is 11.8 Å². The van der Waals surface area contributed by atoms with Gasteiger partial charge >= 0.3 is 29.6 Å². The van der Waals surface area contributed by atoms with Crippen LogP contribution in [0.5, 0.6) is 0 Å². The second-order valence-corrected chi connectivity index (χ2v) is 2.42. The van der Waals surface area contributed by atoms with Gasteiger partial charge in [-0.2, -0.15) is 0 Å². The van der Waals surface area contributed by atoms with Crippen molar-refractivity contribution in [2.45, 2.75) is 4.90 Å². The Morgan fingerprint density at radius 2 is 2.20 bits per heavy atom. The van der Waals surface area contributed by atoms with Crippen LogP contribution in [0.25, 0.3) is 0 Å². The first-order valence-electron chi connectivity index (χ1n) is 2.55. The van der Waals surface area contributed by atoms with Gasteiger partial charge in [0, 0.05) is 11.0 Å². The predicted octanol–water partition coefficient (Wildman–Crippen LogP) is 1.70. The topological polar surface area (TPSA) is 0 Å². The molecule has 0 aliphatic rings. The zero-order chi connectivity index (χ0) is 6.69. The van der Waals surface area contributed by atoms with Gasteiger partial charge in [-0.05, 0) is 18.4 Å². The van der Waals surface area contributed by atoms with Crippen molar-refractivity contribution in [3.05, 3.63) is 30.1 Å². The molecule has 0 fully saturated rings. The first-order chi connectivity index (χ1) is 4.33. The second kappa shape index (κ2) is 5.19. The average Bonchev–Trinajstić information content (AvgIpc) is 1.88.